The largest absolute Gasteiger partial charge is 0.369 e. The Hall–Kier alpha value is -3.47. The number of rotatable bonds is 7. The number of piperazine rings is 1. The zero-order chi connectivity index (χ0) is 25.8. The second-order valence-corrected chi connectivity index (χ2v) is 9.38. The summed E-state index contributed by atoms with van der Waals surface area (Å²) in [5.41, 5.74) is 2.06. The third kappa shape index (κ3) is 5.76. The van der Waals surface area contributed by atoms with Gasteiger partial charge in [0.2, 0.25) is 5.95 Å². The second kappa shape index (κ2) is 11.3. The maximum Gasteiger partial charge on any atom is 0.261 e. The number of benzene rings is 2. The fraction of sp³-hybridized carbons (Fsp3) is 0.346. The van der Waals surface area contributed by atoms with Gasteiger partial charge in [-0.25, -0.2) is 9.37 Å². The molecule has 2 aliphatic heterocycles. The lowest BCUT2D eigenvalue weighted by atomic mass is 10.2. The summed E-state index contributed by atoms with van der Waals surface area (Å²) in [6, 6.07) is 12.3. The molecule has 1 aromatic heterocycles. The summed E-state index contributed by atoms with van der Waals surface area (Å²) in [5.74, 6) is -0.501. The Morgan fingerprint density at radius 3 is 2.70 bits per heavy atom. The van der Waals surface area contributed by atoms with Gasteiger partial charge in [0.15, 0.2) is 0 Å². The lowest BCUT2D eigenvalue weighted by molar-refractivity contribution is 0.102. The summed E-state index contributed by atoms with van der Waals surface area (Å²) in [6.07, 6.45) is 2.91. The number of anilines is 5. The maximum absolute atomic E-state index is 14.3. The van der Waals surface area contributed by atoms with Crippen molar-refractivity contribution in [2.24, 2.45) is 0 Å². The highest BCUT2D eigenvalue weighted by Gasteiger charge is 2.27. The number of carbonyl (C=O) groups is 1. The fourth-order valence-electron chi connectivity index (χ4n) is 4.47. The van der Waals surface area contributed by atoms with Gasteiger partial charge in [-0.1, -0.05) is 17.7 Å². The van der Waals surface area contributed by atoms with Crippen LogP contribution in [-0.2, 0) is 4.74 Å². The summed E-state index contributed by atoms with van der Waals surface area (Å²) < 4.78 is 20.1. The molecule has 37 heavy (non-hydrogen) atoms. The molecule has 9 nitrogen and oxygen atoms in total. The molecule has 5 rings (SSSR count). The number of halogens is 2. The van der Waals surface area contributed by atoms with Crippen LogP contribution in [0, 0.1) is 5.82 Å². The molecule has 2 aliphatic rings. The molecule has 3 N–H and O–H groups in total. The van der Waals surface area contributed by atoms with Crippen molar-refractivity contribution in [1.82, 2.24) is 15.3 Å². The Labute approximate surface area is 220 Å². The van der Waals surface area contributed by atoms with Gasteiger partial charge < -0.3 is 30.5 Å². The number of ether oxygens (including phenoxy) is 1. The van der Waals surface area contributed by atoms with Gasteiger partial charge >= 0.3 is 0 Å². The van der Waals surface area contributed by atoms with Crippen molar-refractivity contribution in [2.45, 2.75) is 19.1 Å². The lowest BCUT2D eigenvalue weighted by Gasteiger charge is -2.29. The van der Waals surface area contributed by atoms with Crippen molar-refractivity contribution in [2.75, 3.05) is 60.3 Å². The van der Waals surface area contributed by atoms with E-state index in [-0.39, 0.29) is 22.5 Å². The van der Waals surface area contributed by atoms with Crippen LogP contribution in [0.1, 0.15) is 23.2 Å². The van der Waals surface area contributed by atoms with E-state index in [1.807, 2.05) is 24.1 Å². The predicted molar refractivity (Wildman–Crippen MR) is 144 cm³/mol. The maximum atomic E-state index is 14.3. The van der Waals surface area contributed by atoms with Crippen molar-refractivity contribution in [3.8, 4) is 0 Å². The van der Waals surface area contributed by atoms with Crippen molar-refractivity contribution in [3.63, 3.8) is 0 Å². The molecule has 0 bridgehead atoms. The average Bonchev–Trinajstić information content (AvgIpc) is 3.46. The van der Waals surface area contributed by atoms with E-state index >= 15 is 0 Å². The van der Waals surface area contributed by atoms with Crippen LogP contribution >= 0.6 is 11.6 Å². The summed E-state index contributed by atoms with van der Waals surface area (Å²) >= 11 is 6.11. The Morgan fingerprint density at radius 2 is 2.00 bits per heavy atom. The van der Waals surface area contributed by atoms with Crippen LogP contribution in [0.2, 0.25) is 5.02 Å². The molecular formula is C26H29ClFN7O2. The van der Waals surface area contributed by atoms with Crippen LogP contribution < -0.4 is 25.8 Å². The molecule has 2 saturated heterocycles. The van der Waals surface area contributed by atoms with Gasteiger partial charge in [-0.05, 0) is 49.2 Å². The van der Waals surface area contributed by atoms with Gasteiger partial charge in [0.1, 0.15) is 23.4 Å². The van der Waals surface area contributed by atoms with Crippen LogP contribution in [0.5, 0.6) is 0 Å². The topological polar surface area (TPSA) is 94.7 Å². The minimum atomic E-state index is -0.627. The number of para-hydroxylation sites is 1. The standard InChI is InChI=1S/C26H29ClFN7O2/c1-34(22-6-3-15-37-22)24-19(25(36)32-23-20(27)4-2-5-21(23)28)16-30-26(33-24)31-17-7-9-18(10-8-17)35-13-11-29-12-14-35/h2,4-5,7-10,16,22,29H,3,6,11-15H2,1H3,(H,32,36)(H,30,31,33). The average molecular weight is 526 g/mol. The summed E-state index contributed by atoms with van der Waals surface area (Å²) in [5, 5.41) is 9.24. The molecule has 0 saturated carbocycles. The Kier molecular flexibility index (Phi) is 7.68. The van der Waals surface area contributed by atoms with E-state index in [4.69, 9.17) is 16.3 Å². The molecule has 1 amide bonds. The number of nitrogens with zero attached hydrogens (tertiary/aromatic N) is 4. The number of carbonyl (C=O) groups excluding carboxylic acids is 1. The minimum Gasteiger partial charge on any atom is -0.369 e. The summed E-state index contributed by atoms with van der Waals surface area (Å²) in [6.45, 7) is 4.51. The highest BCUT2D eigenvalue weighted by atomic mass is 35.5. The van der Waals surface area contributed by atoms with Gasteiger partial charge in [0.05, 0.1) is 10.7 Å². The number of amides is 1. The van der Waals surface area contributed by atoms with Gasteiger partial charge in [-0.3, -0.25) is 4.79 Å². The molecule has 3 heterocycles. The number of aromatic nitrogens is 2. The van der Waals surface area contributed by atoms with Crippen LogP contribution in [-0.4, -0.2) is 61.9 Å². The van der Waals surface area contributed by atoms with E-state index in [2.05, 4.69) is 43.0 Å². The quantitative estimate of drug-likeness (QED) is 0.421. The first-order chi connectivity index (χ1) is 18.0. The molecule has 3 aromatic rings. The van der Waals surface area contributed by atoms with E-state index in [0.717, 1.165) is 50.4 Å². The first-order valence-electron chi connectivity index (χ1n) is 12.3. The second-order valence-electron chi connectivity index (χ2n) is 8.97. The lowest BCUT2D eigenvalue weighted by Crippen LogP contribution is -2.43. The highest BCUT2D eigenvalue weighted by Crippen LogP contribution is 2.29. The van der Waals surface area contributed by atoms with Gasteiger partial charge in [-0.15, -0.1) is 0 Å². The zero-order valence-electron chi connectivity index (χ0n) is 20.5. The van der Waals surface area contributed by atoms with E-state index in [9.17, 15) is 9.18 Å². The van der Waals surface area contributed by atoms with Crippen molar-refractivity contribution in [1.29, 1.82) is 0 Å². The zero-order valence-corrected chi connectivity index (χ0v) is 21.3. The van der Waals surface area contributed by atoms with Gasteiger partial charge in [-0.2, -0.15) is 4.98 Å². The van der Waals surface area contributed by atoms with E-state index in [1.165, 1.54) is 24.4 Å². The van der Waals surface area contributed by atoms with Crippen LogP contribution in [0.15, 0.2) is 48.7 Å². The smallest absolute Gasteiger partial charge is 0.261 e. The van der Waals surface area contributed by atoms with Crippen molar-refractivity contribution in [3.05, 3.63) is 65.1 Å². The summed E-state index contributed by atoms with van der Waals surface area (Å²) in [7, 11) is 1.82. The van der Waals surface area contributed by atoms with Crippen molar-refractivity contribution < 1.29 is 13.9 Å². The Bertz CT molecular complexity index is 1230. The third-order valence-corrected chi connectivity index (χ3v) is 6.81. The normalized spacial score (nSPS) is 17.5. The molecule has 1 atom stereocenters. The van der Waals surface area contributed by atoms with Crippen molar-refractivity contribution >= 4 is 46.3 Å². The molecule has 1 unspecified atom stereocenters. The predicted octanol–water partition coefficient (Wildman–Crippen LogP) is 4.25. The SMILES string of the molecule is CN(c1nc(Nc2ccc(N3CCNCC3)cc2)ncc1C(=O)Nc1c(F)cccc1Cl)C1CCCO1. The molecule has 0 aliphatic carbocycles. The molecule has 2 fully saturated rings. The van der Waals surface area contributed by atoms with Crippen LogP contribution in [0.25, 0.3) is 0 Å². The molecule has 194 valence electrons. The number of hydrogen-bond donors (Lipinski definition) is 3. The minimum absolute atomic E-state index is 0.0911. The molecule has 0 radical (unpaired) electrons. The Morgan fingerprint density at radius 1 is 1.22 bits per heavy atom. The molecule has 2 aromatic carbocycles. The molecule has 11 heteroatoms. The third-order valence-electron chi connectivity index (χ3n) is 6.49. The van der Waals surface area contributed by atoms with Gasteiger partial charge in [0, 0.05) is 57.4 Å². The first-order valence-corrected chi connectivity index (χ1v) is 12.7. The van der Waals surface area contributed by atoms with E-state index in [1.54, 1.807) is 0 Å². The van der Waals surface area contributed by atoms with Gasteiger partial charge in [0.25, 0.3) is 5.91 Å². The number of hydrogen-bond acceptors (Lipinski definition) is 8. The molecule has 0 spiro atoms. The number of nitrogens with one attached hydrogen (secondary N) is 3. The fourth-order valence-corrected chi connectivity index (χ4v) is 4.68. The monoisotopic (exact) mass is 525 g/mol. The van der Waals surface area contributed by atoms with Crippen LogP contribution in [0.3, 0.4) is 0 Å². The van der Waals surface area contributed by atoms with Crippen LogP contribution in [0.4, 0.5) is 33.2 Å². The Balaban J connectivity index is 1.39. The van der Waals surface area contributed by atoms with E-state index in [0.29, 0.717) is 18.4 Å². The highest BCUT2D eigenvalue weighted by molar-refractivity contribution is 6.34. The molecular weight excluding hydrogens is 497 g/mol. The van der Waals surface area contributed by atoms with E-state index < -0.39 is 11.7 Å². The summed E-state index contributed by atoms with van der Waals surface area (Å²) in [4.78, 5) is 26.4. The first kappa shape index (κ1) is 25.2.